The van der Waals surface area contributed by atoms with Gasteiger partial charge >= 0.3 is 19.8 Å². The van der Waals surface area contributed by atoms with E-state index in [9.17, 15) is 14.2 Å². The van der Waals surface area contributed by atoms with E-state index in [4.69, 9.17) is 19.3 Å². The van der Waals surface area contributed by atoms with Gasteiger partial charge in [0.25, 0.3) is 0 Å². The van der Waals surface area contributed by atoms with Gasteiger partial charge in [-0.2, -0.15) is 0 Å². The number of ether oxygens (including phenoxy) is 2. The van der Waals surface area contributed by atoms with Crippen LogP contribution in [0.25, 0.3) is 0 Å². The highest BCUT2D eigenvalue weighted by molar-refractivity contribution is 7.46. The lowest BCUT2D eigenvalue weighted by Crippen LogP contribution is -2.29. The molecule has 0 aromatic carbocycles. The predicted octanol–water partition coefficient (Wildman–Crippen LogP) is 11.0. The second-order valence-electron chi connectivity index (χ2n) is 13.8. The number of phosphoric acid groups is 1. The van der Waals surface area contributed by atoms with Crippen LogP contribution in [0, 0.1) is 11.8 Å². The van der Waals surface area contributed by atoms with Gasteiger partial charge in [0.2, 0.25) is 0 Å². The molecule has 8 nitrogen and oxygen atoms in total. The van der Waals surface area contributed by atoms with E-state index in [0.717, 1.165) is 50.4 Å². The summed E-state index contributed by atoms with van der Waals surface area (Å²) >= 11 is 0. The summed E-state index contributed by atoms with van der Waals surface area (Å²) < 4.78 is 26.3. The van der Waals surface area contributed by atoms with E-state index in [-0.39, 0.29) is 19.4 Å². The van der Waals surface area contributed by atoms with Crippen LogP contribution in [0.15, 0.2) is 0 Å². The molecule has 0 rings (SSSR count). The lowest BCUT2D eigenvalue weighted by Gasteiger charge is -2.18. The van der Waals surface area contributed by atoms with Crippen molar-refractivity contribution in [3.8, 4) is 0 Å². The summed E-state index contributed by atoms with van der Waals surface area (Å²) in [5.41, 5.74) is 0. The Kier molecular flexibility index (Phi) is 30.7. The highest BCUT2D eigenvalue weighted by atomic mass is 31.2. The number of phosphoric ester groups is 1. The Morgan fingerprint density at radius 3 is 1.26 bits per heavy atom. The summed E-state index contributed by atoms with van der Waals surface area (Å²) in [5.74, 6) is 0.788. The van der Waals surface area contributed by atoms with E-state index < -0.39 is 32.5 Å². The first kappa shape index (κ1) is 45.0. The van der Waals surface area contributed by atoms with Gasteiger partial charge in [0, 0.05) is 12.8 Å². The van der Waals surface area contributed by atoms with Crippen molar-refractivity contribution in [2.45, 2.75) is 201 Å². The fraction of sp³-hybridized carbons (Fsp3) is 0.946. The fourth-order valence-corrected chi connectivity index (χ4v) is 5.92. The zero-order valence-electron chi connectivity index (χ0n) is 30.3. The van der Waals surface area contributed by atoms with Gasteiger partial charge < -0.3 is 19.3 Å². The maximum Gasteiger partial charge on any atom is 0.469 e. The molecule has 0 heterocycles. The minimum Gasteiger partial charge on any atom is -0.462 e. The Hall–Kier alpha value is -0.950. The summed E-state index contributed by atoms with van der Waals surface area (Å²) in [5, 5.41) is 0. The van der Waals surface area contributed by atoms with Crippen molar-refractivity contribution in [3.63, 3.8) is 0 Å². The monoisotopic (exact) mass is 677 g/mol. The molecule has 0 aliphatic heterocycles. The van der Waals surface area contributed by atoms with Crippen LogP contribution in [0.4, 0.5) is 0 Å². The number of carbonyl (C=O) groups is 2. The Morgan fingerprint density at radius 1 is 0.543 bits per heavy atom. The minimum absolute atomic E-state index is 0.214. The molecule has 3 atom stereocenters. The second kappa shape index (κ2) is 31.3. The molecule has 2 unspecified atom stereocenters. The van der Waals surface area contributed by atoms with E-state index >= 15 is 0 Å². The lowest BCUT2D eigenvalue weighted by molar-refractivity contribution is -0.161. The predicted molar refractivity (Wildman–Crippen MR) is 189 cm³/mol. The van der Waals surface area contributed by atoms with Crippen LogP contribution in [0.3, 0.4) is 0 Å². The molecule has 9 heteroatoms. The van der Waals surface area contributed by atoms with E-state index in [0.29, 0.717) is 6.42 Å². The van der Waals surface area contributed by atoms with Gasteiger partial charge in [0.1, 0.15) is 6.61 Å². The van der Waals surface area contributed by atoms with Crippen molar-refractivity contribution in [2.24, 2.45) is 11.8 Å². The number of hydrogen-bond acceptors (Lipinski definition) is 6. The van der Waals surface area contributed by atoms with Crippen LogP contribution in [0.2, 0.25) is 0 Å². The van der Waals surface area contributed by atoms with Crippen LogP contribution in [0.1, 0.15) is 195 Å². The van der Waals surface area contributed by atoms with Crippen molar-refractivity contribution >= 4 is 19.8 Å². The van der Waals surface area contributed by atoms with Gasteiger partial charge in [-0.15, -0.1) is 0 Å². The maximum absolute atomic E-state index is 12.3. The summed E-state index contributed by atoms with van der Waals surface area (Å²) in [6.45, 7) is 8.34. The Balaban J connectivity index is 3.89. The van der Waals surface area contributed by atoms with Gasteiger partial charge in [0.05, 0.1) is 6.61 Å². The number of carbonyl (C=O) groups excluding carboxylic acids is 2. The quantitative estimate of drug-likeness (QED) is 0.0392. The SMILES string of the molecule is CCC(C)CCCCCCCCCCCCCCCCC(=O)OC[C@H](COP(=O)(O)O)OC(=O)CCCCCCCCC(C)CC. The zero-order chi connectivity index (χ0) is 34.3. The number of rotatable bonds is 34. The third-order valence-electron chi connectivity index (χ3n) is 9.21. The third kappa shape index (κ3) is 33.0. The molecule has 0 aromatic rings. The second-order valence-corrected chi connectivity index (χ2v) is 15.0. The molecule has 2 N–H and O–H groups in total. The van der Waals surface area contributed by atoms with Crippen LogP contribution in [-0.4, -0.2) is 41.0 Å². The normalized spacial score (nSPS) is 13.8. The lowest BCUT2D eigenvalue weighted by atomic mass is 9.99. The topological polar surface area (TPSA) is 119 Å². The van der Waals surface area contributed by atoms with Gasteiger partial charge in [-0.25, -0.2) is 4.57 Å². The number of hydrogen-bond donors (Lipinski definition) is 2. The van der Waals surface area contributed by atoms with Crippen molar-refractivity contribution in [3.05, 3.63) is 0 Å². The van der Waals surface area contributed by atoms with E-state index in [1.807, 2.05) is 0 Å². The first-order valence-electron chi connectivity index (χ1n) is 19.1. The summed E-state index contributed by atoms with van der Waals surface area (Å²) in [4.78, 5) is 42.6. The summed E-state index contributed by atoms with van der Waals surface area (Å²) in [7, 11) is -4.74. The maximum atomic E-state index is 12.3. The Labute approximate surface area is 283 Å². The van der Waals surface area contributed by atoms with Gasteiger partial charge in [-0.1, -0.05) is 169 Å². The molecule has 0 radical (unpaired) electrons. The average molecular weight is 677 g/mol. The fourth-order valence-electron chi connectivity index (χ4n) is 5.56. The molecule has 46 heavy (non-hydrogen) atoms. The summed E-state index contributed by atoms with van der Waals surface area (Å²) in [6.07, 6.45) is 28.4. The van der Waals surface area contributed by atoms with Crippen LogP contribution < -0.4 is 0 Å². The van der Waals surface area contributed by atoms with Crippen molar-refractivity contribution in [2.75, 3.05) is 13.2 Å². The van der Waals surface area contributed by atoms with Gasteiger partial charge in [0.15, 0.2) is 6.10 Å². The van der Waals surface area contributed by atoms with E-state index in [1.54, 1.807) is 0 Å². The van der Waals surface area contributed by atoms with Crippen molar-refractivity contribution in [1.29, 1.82) is 0 Å². The third-order valence-corrected chi connectivity index (χ3v) is 9.69. The average Bonchev–Trinajstić information content (AvgIpc) is 3.02. The Morgan fingerprint density at radius 2 is 0.891 bits per heavy atom. The standard InChI is InChI=1S/C37H73O8P/c1-5-33(3)27-23-19-15-13-11-9-7-8-10-12-14-16-21-25-29-36(38)43-31-35(32-44-46(40,41)42)45-37(39)30-26-22-18-17-20-24-28-34(4)6-2/h33-35H,5-32H2,1-4H3,(H2,40,41,42)/t33?,34?,35-/m1/s1. The summed E-state index contributed by atoms with van der Waals surface area (Å²) in [6, 6.07) is 0. The molecule has 0 aliphatic carbocycles. The minimum atomic E-state index is -4.74. The molecule has 274 valence electrons. The molecule has 0 saturated carbocycles. The van der Waals surface area contributed by atoms with Gasteiger partial charge in [-0.05, 0) is 24.7 Å². The van der Waals surface area contributed by atoms with Crippen LogP contribution >= 0.6 is 7.82 Å². The molecule has 0 amide bonds. The Bertz CT molecular complexity index is 756. The molecule has 0 spiro atoms. The van der Waals surface area contributed by atoms with Crippen LogP contribution in [-0.2, 0) is 28.2 Å². The van der Waals surface area contributed by atoms with Crippen molar-refractivity contribution in [1.82, 2.24) is 0 Å². The van der Waals surface area contributed by atoms with Gasteiger partial charge in [-0.3, -0.25) is 14.1 Å². The first-order chi connectivity index (χ1) is 22.1. The molecule has 0 saturated heterocycles. The highest BCUT2D eigenvalue weighted by Gasteiger charge is 2.22. The van der Waals surface area contributed by atoms with E-state index in [2.05, 4.69) is 32.2 Å². The molecular formula is C37H73O8P. The zero-order valence-corrected chi connectivity index (χ0v) is 31.2. The highest BCUT2D eigenvalue weighted by Crippen LogP contribution is 2.36. The largest absolute Gasteiger partial charge is 0.469 e. The molecule has 0 aliphatic rings. The smallest absolute Gasteiger partial charge is 0.462 e. The first-order valence-corrected chi connectivity index (χ1v) is 20.7. The van der Waals surface area contributed by atoms with E-state index in [1.165, 1.54) is 109 Å². The van der Waals surface area contributed by atoms with Crippen LogP contribution in [0.5, 0.6) is 0 Å². The molecule has 0 aromatic heterocycles. The number of unbranched alkanes of at least 4 members (excludes halogenated alkanes) is 18. The van der Waals surface area contributed by atoms with Crippen molar-refractivity contribution < 1.29 is 37.9 Å². The molecule has 0 fully saturated rings. The molecular weight excluding hydrogens is 603 g/mol. The number of esters is 2. The molecule has 0 bridgehead atoms.